The molecule has 0 aliphatic carbocycles. The predicted molar refractivity (Wildman–Crippen MR) is 128 cm³/mol. The number of anilines is 1. The fraction of sp³-hybridized carbons (Fsp3) is 0.520. The van der Waals surface area contributed by atoms with E-state index in [0.29, 0.717) is 42.1 Å². The van der Waals surface area contributed by atoms with Crippen molar-refractivity contribution in [3.8, 4) is 5.75 Å². The van der Waals surface area contributed by atoms with Crippen LogP contribution < -0.4 is 15.0 Å². The SMILES string of the molecule is COc1cc2cc(c1Cl)N(C)C(=O)CCC1OC1C[C@@H]1C[C@](O)(C/C=C/C=C(\C)C2)NC(=O)O1. The van der Waals surface area contributed by atoms with E-state index < -0.39 is 17.9 Å². The summed E-state index contributed by atoms with van der Waals surface area (Å²) in [4.78, 5) is 26.5. The van der Waals surface area contributed by atoms with E-state index in [1.807, 2.05) is 37.3 Å². The van der Waals surface area contributed by atoms with Crippen molar-refractivity contribution in [2.24, 2.45) is 0 Å². The Labute approximate surface area is 204 Å². The first-order valence-corrected chi connectivity index (χ1v) is 11.9. The molecular formula is C25H31ClN2O6. The van der Waals surface area contributed by atoms with Crippen LogP contribution in [0.2, 0.25) is 5.02 Å². The van der Waals surface area contributed by atoms with Gasteiger partial charge in [0.2, 0.25) is 5.91 Å². The number of nitrogens with zero attached hydrogens (tertiary/aromatic N) is 1. The second-order valence-corrected chi connectivity index (χ2v) is 9.66. The van der Waals surface area contributed by atoms with E-state index in [1.54, 1.807) is 19.1 Å². The van der Waals surface area contributed by atoms with Crippen LogP contribution in [0.1, 0.15) is 44.6 Å². The van der Waals surface area contributed by atoms with Gasteiger partial charge in [0.05, 0.1) is 25.0 Å². The Bertz CT molecular complexity index is 1020. The molecule has 3 heterocycles. The zero-order valence-corrected chi connectivity index (χ0v) is 20.4. The number of ether oxygens (including phenoxy) is 3. The molecule has 34 heavy (non-hydrogen) atoms. The first-order chi connectivity index (χ1) is 16.2. The molecule has 3 aliphatic heterocycles. The van der Waals surface area contributed by atoms with Gasteiger partial charge in [-0.1, -0.05) is 35.4 Å². The molecule has 0 radical (unpaired) electrons. The Morgan fingerprint density at radius 3 is 2.85 bits per heavy atom. The molecule has 2 N–H and O–H groups in total. The molecule has 184 valence electrons. The van der Waals surface area contributed by atoms with E-state index in [-0.39, 0.29) is 31.0 Å². The van der Waals surface area contributed by atoms with Gasteiger partial charge >= 0.3 is 6.09 Å². The number of nitrogens with one attached hydrogen (secondary N) is 1. The van der Waals surface area contributed by atoms with Crippen molar-refractivity contribution >= 4 is 29.3 Å². The van der Waals surface area contributed by atoms with Crippen LogP contribution >= 0.6 is 11.6 Å². The number of fused-ring (bicyclic) bond motifs is 5. The third-order valence-electron chi connectivity index (χ3n) is 6.49. The van der Waals surface area contributed by atoms with Gasteiger partial charge in [-0.15, -0.1) is 0 Å². The number of rotatable bonds is 1. The van der Waals surface area contributed by atoms with E-state index in [0.717, 1.165) is 11.1 Å². The van der Waals surface area contributed by atoms with Gasteiger partial charge in [-0.05, 0) is 37.5 Å². The van der Waals surface area contributed by atoms with Crippen LogP contribution in [0.3, 0.4) is 0 Å². The molecular weight excluding hydrogens is 460 g/mol. The van der Waals surface area contributed by atoms with Crippen LogP contribution in [-0.4, -0.2) is 55.3 Å². The normalized spacial score (nSPS) is 32.6. The van der Waals surface area contributed by atoms with Crippen molar-refractivity contribution in [2.45, 2.75) is 69.5 Å². The van der Waals surface area contributed by atoms with Gasteiger partial charge in [0.25, 0.3) is 0 Å². The zero-order chi connectivity index (χ0) is 24.5. The average molecular weight is 491 g/mol. The van der Waals surface area contributed by atoms with Crippen LogP contribution in [0.5, 0.6) is 5.75 Å². The van der Waals surface area contributed by atoms with E-state index in [1.165, 1.54) is 0 Å². The molecule has 2 unspecified atom stereocenters. The fourth-order valence-electron chi connectivity index (χ4n) is 4.58. The minimum Gasteiger partial charge on any atom is -0.495 e. The van der Waals surface area contributed by atoms with Gasteiger partial charge in [0, 0.05) is 32.7 Å². The summed E-state index contributed by atoms with van der Waals surface area (Å²) < 4.78 is 16.5. The predicted octanol–water partition coefficient (Wildman–Crippen LogP) is 3.88. The van der Waals surface area contributed by atoms with Crippen molar-refractivity contribution in [1.29, 1.82) is 0 Å². The van der Waals surface area contributed by atoms with Gasteiger partial charge in [-0.25, -0.2) is 4.79 Å². The summed E-state index contributed by atoms with van der Waals surface area (Å²) in [6, 6.07) is 3.78. The number of hydrogen-bond donors (Lipinski definition) is 2. The number of carbonyl (C=O) groups excluding carboxylic acids is 2. The lowest BCUT2D eigenvalue weighted by Crippen LogP contribution is -2.56. The summed E-state index contributed by atoms with van der Waals surface area (Å²) in [7, 11) is 3.26. The van der Waals surface area contributed by atoms with Gasteiger partial charge in [-0.3, -0.25) is 10.1 Å². The van der Waals surface area contributed by atoms with E-state index in [4.69, 9.17) is 25.8 Å². The Balaban J connectivity index is 1.61. The summed E-state index contributed by atoms with van der Waals surface area (Å²) in [6.45, 7) is 2.00. The van der Waals surface area contributed by atoms with Gasteiger partial charge in [0.15, 0.2) is 0 Å². The van der Waals surface area contributed by atoms with Crippen molar-refractivity contribution in [2.75, 3.05) is 19.1 Å². The molecule has 3 aliphatic rings. The number of aliphatic hydroxyl groups is 1. The van der Waals surface area contributed by atoms with Crippen LogP contribution in [0, 0.1) is 0 Å². The first kappa shape index (κ1) is 24.6. The van der Waals surface area contributed by atoms with E-state index in [2.05, 4.69) is 5.32 Å². The molecule has 0 saturated carbocycles. The Morgan fingerprint density at radius 1 is 1.29 bits per heavy atom. The largest absolute Gasteiger partial charge is 0.495 e. The molecule has 2 saturated heterocycles. The Morgan fingerprint density at radius 2 is 2.09 bits per heavy atom. The number of epoxide rings is 1. The second-order valence-electron chi connectivity index (χ2n) is 9.28. The van der Waals surface area contributed by atoms with Gasteiger partial charge < -0.3 is 24.2 Å². The average Bonchev–Trinajstić information content (AvgIpc) is 3.51. The highest BCUT2D eigenvalue weighted by molar-refractivity contribution is 6.35. The number of amides is 2. The molecule has 0 aromatic heterocycles. The smallest absolute Gasteiger partial charge is 0.409 e. The Kier molecular flexibility index (Phi) is 7.21. The highest BCUT2D eigenvalue weighted by Gasteiger charge is 2.45. The molecule has 4 rings (SSSR count). The third-order valence-corrected chi connectivity index (χ3v) is 6.87. The van der Waals surface area contributed by atoms with Crippen LogP contribution in [0.25, 0.3) is 0 Å². The second kappa shape index (κ2) is 9.98. The summed E-state index contributed by atoms with van der Waals surface area (Å²) >= 11 is 6.54. The van der Waals surface area contributed by atoms with E-state index >= 15 is 0 Å². The number of benzene rings is 1. The summed E-state index contributed by atoms with van der Waals surface area (Å²) in [5, 5.41) is 13.8. The molecule has 1 aromatic carbocycles. The molecule has 2 amide bonds. The van der Waals surface area contributed by atoms with Crippen molar-refractivity contribution in [1.82, 2.24) is 5.32 Å². The maximum absolute atomic E-state index is 12.9. The molecule has 4 bridgehead atoms. The monoisotopic (exact) mass is 490 g/mol. The number of halogens is 1. The van der Waals surface area contributed by atoms with Gasteiger partial charge in [-0.2, -0.15) is 0 Å². The molecule has 0 spiro atoms. The first-order valence-electron chi connectivity index (χ1n) is 11.5. The maximum atomic E-state index is 12.9. The van der Waals surface area contributed by atoms with E-state index in [9.17, 15) is 14.7 Å². The lowest BCUT2D eigenvalue weighted by atomic mass is 9.96. The highest BCUT2D eigenvalue weighted by atomic mass is 35.5. The maximum Gasteiger partial charge on any atom is 0.409 e. The minimum absolute atomic E-state index is 0.0777. The van der Waals surface area contributed by atoms with Crippen molar-refractivity contribution in [3.63, 3.8) is 0 Å². The van der Waals surface area contributed by atoms with Crippen LogP contribution in [-0.2, 0) is 20.7 Å². The molecule has 9 heteroatoms. The number of allylic oxidation sites excluding steroid dienone is 3. The third kappa shape index (κ3) is 5.74. The zero-order valence-electron chi connectivity index (χ0n) is 19.7. The highest BCUT2D eigenvalue weighted by Crippen LogP contribution is 2.38. The summed E-state index contributed by atoms with van der Waals surface area (Å²) in [5.41, 5.74) is 1.25. The quantitative estimate of drug-likeness (QED) is 0.579. The number of carbonyl (C=O) groups is 2. The fourth-order valence-corrected chi connectivity index (χ4v) is 4.90. The lowest BCUT2D eigenvalue weighted by molar-refractivity contribution is -0.118. The topological polar surface area (TPSA) is 101 Å². The number of hydrogen-bond acceptors (Lipinski definition) is 6. The van der Waals surface area contributed by atoms with Crippen LogP contribution in [0.15, 0.2) is 35.9 Å². The summed E-state index contributed by atoms with van der Waals surface area (Å²) in [5.74, 6) is 0.435. The van der Waals surface area contributed by atoms with Gasteiger partial charge in [0.1, 0.15) is 22.6 Å². The number of methoxy groups -OCH3 is 1. The van der Waals surface area contributed by atoms with Crippen molar-refractivity contribution in [3.05, 3.63) is 46.5 Å². The molecule has 2 fully saturated rings. The van der Waals surface area contributed by atoms with Crippen LogP contribution in [0.4, 0.5) is 10.5 Å². The molecule has 8 nitrogen and oxygen atoms in total. The standard InChI is InChI=1S/C25H31ClN2O6/c1-15-6-4-5-9-25(31)14-17(33-24(30)27-25)13-20-19(34-20)7-8-22(29)28(2)18-11-16(10-15)12-21(32-3)23(18)26/h4-6,11-12,17,19-20,31H,7-10,13-14H2,1-3H3,(H,27,30)/b5-4+,15-6+/t17-,19?,20?,25-/m1/s1. The minimum atomic E-state index is -1.37. The number of alkyl carbamates (subject to hydrolysis) is 1. The molecule has 1 aromatic rings. The Hall–Kier alpha value is -2.55. The molecule has 4 atom stereocenters. The lowest BCUT2D eigenvalue weighted by Gasteiger charge is -2.36. The van der Waals surface area contributed by atoms with Crippen molar-refractivity contribution < 1.29 is 28.9 Å². The summed E-state index contributed by atoms with van der Waals surface area (Å²) in [6.07, 6.45) is 6.86.